The molecule has 102 valence electrons. The van der Waals surface area contributed by atoms with Crippen molar-refractivity contribution in [1.29, 1.82) is 0 Å². The van der Waals surface area contributed by atoms with Crippen LogP contribution in [-0.4, -0.2) is 13.1 Å². The molecule has 0 radical (unpaired) electrons. The molecule has 0 spiro atoms. The molecule has 1 saturated carbocycles. The Labute approximate surface area is 120 Å². The Kier molecular flexibility index (Phi) is 4.19. The second-order valence-corrected chi connectivity index (χ2v) is 6.67. The SMILES string of the molecule is CNC1CCCCCC1Cc1csc2ccccc12. The molecule has 0 amide bonds. The van der Waals surface area contributed by atoms with E-state index in [9.17, 15) is 0 Å². The first kappa shape index (κ1) is 13.1. The van der Waals surface area contributed by atoms with Gasteiger partial charge in [-0.15, -0.1) is 11.3 Å². The molecule has 19 heavy (non-hydrogen) atoms. The summed E-state index contributed by atoms with van der Waals surface area (Å²) in [5.74, 6) is 0.811. The molecule has 1 aromatic heterocycles. The summed E-state index contributed by atoms with van der Waals surface area (Å²) in [5, 5.41) is 7.41. The fraction of sp³-hybridized carbons (Fsp3) is 0.529. The summed E-state index contributed by atoms with van der Waals surface area (Å²) in [6, 6.07) is 9.55. The fourth-order valence-electron chi connectivity index (χ4n) is 3.48. The van der Waals surface area contributed by atoms with E-state index in [-0.39, 0.29) is 0 Å². The van der Waals surface area contributed by atoms with Crippen molar-refractivity contribution in [2.75, 3.05) is 7.05 Å². The van der Waals surface area contributed by atoms with Gasteiger partial charge in [0.2, 0.25) is 0 Å². The topological polar surface area (TPSA) is 12.0 Å². The number of hydrogen-bond acceptors (Lipinski definition) is 2. The standard InChI is InChI=1S/C17H23NS/c1-18-16-9-4-2-3-7-13(16)11-14-12-19-17-10-6-5-8-15(14)17/h5-6,8,10,12-13,16,18H,2-4,7,9,11H2,1H3. The third-order valence-corrected chi connectivity index (χ3v) is 5.59. The van der Waals surface area contributed by atoms with Gasteiger partial charge in [-0.2, -0.15) is 0 Å². The Morgan fingerprint density at radius 3 is 2.89 bits per heavy atom. The largest absolute Gasteiger partial charge is 0.317 e. The van der Waals surface area contributed by atoms with E-state index in [1.807, 2.05) is 11.3 Å². The summed E-state index contributed by atoms with van der Waals surface area (Å²) in [4.78, 5) is 0. The number of nitrogens with one attached hydrogen (secondary N) is 1. The van der Waals surface area contributed by atoms with E-state index in [4.69, 9.17) is 0 Å². The van der Waals surface area contributed by atoms with E-state index in [2.05, 4.69) is 42.0 Å². The van der Waals surface area contributed by atoms with Gasteiger partial charge in [-0.1, -0.05) is 37.5 Å². The molecule has 0 saturated heterocycles. The van der Waals surface area contributed by atoms with E-state index < -0.39 is 0 Å². The summed E-state index contributed by atoms with van der Waals surface area (Å²) in [5.41, 5.74) is 1.56. The van der Waals surface area contributed by atoms with Crippen LogP contribution < -0.4 is 5.32 Å². The minimum Gasteiger partial charge on any atom is -0.317 e. The van der Waals surface area contributed by atoms with Gasteiger partial charge in [0.1, 0.15) is 0 Å². The van der Waals surface area contributed by atoms with Crippen LogP contribution in [0.5, 0.6) is 0 Å². The van der Waals surface area contributed by atoms with Gasteiger partial charge in [-0.3, -0.25) is 0 Å². The first-order valence-electron chi connectivity index (χ1n) is 7.51. The lowest BCUT2D eigenvalue weighted by Crippen LogP contribution is -2.33. The quantitative estimate of drug-likeness (QED) is 0.805. The molecule has 3 rings (SSSR count). The van der Waals surface area contributed by atoms with Crippen molar-refractivity contribution >= 4 is 21.4 Å². The van der Waals surface area contributed by atoms with Crippen LogP contribution >= 0.6 is 11.3 Å². The van der Waals surface area contributed by atoms with E-state index in [0.29, 0.717) is 6.04 Å². The third kappa shape index (κ3) is 2.85. The van der Waals surface area contributed by atoms with Crippen molar-refractivity contribution in [3.63, 3.8) is 0 Å². The number of fused-ring (bicyclic) bond motifs is 1. The highest BCUT2D eigenvalue weighted by atomic mass is 32.1. The first-order valence-corrected chi connectivity index (χ1v) is 8.39. The maximum absolute atomic E-state index is 3.56. The minimum absolute atomic E-state index is 0.709. The predicted octanol–water partition coefficient (Wildman–Crippen LogP) is 4.61. The minimum atomic E-state index is 0.709. The molecule has 0 aliphatic heterocycles. The average Bonchev–Trinajstić information content (AvgIpc) is 2.71. The van der Waals surface area contributed by atoms with Crippen LogP contribution in [0.4, 0.5) is 0 Å². The van der Waals surface area contributed by atoms with Crippen molar-refractivity contribution < 1.29 is 0 Å². The predicted molar refractivity (Wildman–Crippen MR) is 85.0 cm³/mol. The Morgan fingerprint density at radius 2 is 2.00 bits per heavy atom. The number of rotatable bonds is 3. The summed E-state index contributed by atoms with van der Waals surface area (Å²) < 4.78 is 1.44. The third-order valence-electron chi connectivity index (χ3n) is 4.57. The van der Waals surface area contributed by atoms with Gasteiger partial charge < -0.3 is 5.32 Å². The molecular formula is C17H23NS. The maximum Gasteiger partial charge on any atom is 0.0345 e. The van der Waals surface area contributed by atoms with Gasteiger partial charge in [0, 0.05) is 10.7 Å². The molecule has 2 atom stereocenters. The van der Waals surface area contributed by atoms with E-state index in [1.54, 1.807) is 5.56 Å². The Hall–Kier alpha value is -0.860. The lowest BCUT2D eigenvalue weighted by Gasteiger charge is -2.24. The smallest absolute Gasteiger partial charge is 0.0345 e. The number of thiophene rings is 1. The molecule has 0 bridgehead atoms. The van der Waals surface area contributed by atoms with Crippen molar-refractivity contribution in [3.05, 3.63) is 35.2 Å². The van der Waals surface area contributed by atoms with Crippen LogP contribution in [0.2, 0.25) is 0 Å². The van der Waals surface area contributed by atoms with Crippen LogP contribution in [0, 0.1) is 5.92 Å². The molecular weight excluding hydrogens is 250 g/mol. The molecule has 1 aliphatic carbocycles. The first-order chi connectivity index (χ1) is 9.38. The van der Waals surface area contributed by atoms with Gasteiger partial charge in [0.15, 0.2) is 0 Å². The summed E-state index contributed by atoms with van der Waals surface area (Å²) in [6.45, 7) is 0. The van der Waals surface area contributed by atoms with Gasteiger partial charge in [0.25, 0.3) is 0 Å². The van der Waals surface area contributed by atoms with Gasteiger partial charge in [0.05, 0.1) is 0 Å². The van der Waals surface area contributed by atoms with E-state index in [0.717, 1.165) is 5.92 Å². The van der Waals surface area contributed by atoms with Crippen molar-refractivity contribution in [2.45, 2.75) is 44.6 Å². The molecule has 1 aliphatic rings. The molecule has 1 heterocycles. The van der Waals surface area contributed by atoms with E-state index >= 15 is 0 Å². The van der Waals surface area contributed by atoms with E-state index in [1.165, 1.54) is 48.6 Å². The molecule has 2 heteroatoms. The lowest BCUT2D eigenvalue weighted by atomic mass is 9.88. The van der Waals surface area contributed by atoms with Crippen LogP contribution in [0.1, 0.15) is 37.7 Å². The van der Waals surface area contributed by atoms with Crippen molar-refractivity contribution in [2.24, 2.45) is 5.92 Å². The maximum atomic E-state index is 3.56. The van der Waals surface area contributed by atoms with Crippen LogP contribution in [0.15, 0.2) is 29.6 Å². The zero-order valence-corrected chi connectivity index (χ0v) is 12.5. The van der Waals surface area contributed by atoms with Crippen molar-refractivity contribution in [1.82, 2.24) is 5.32 Å². The zero-order valence-electron chi connectivity index (χ0n) is 11.7. The van der Waals surface area contributed by atoms with Crippen LogP contribution in [0.25, 0.3) is 10.1 Å². The van der Waals surface area contributed by atoms with Crippen molar-refractivity contribution in [3.8, 4) is 0 Å². The Bertz CT molecular complexity index is 531. The highest BCUT2D eigenvalue weighted by Gasteiger charge is 2.23. The molecule has 2 unspecified atom stereocenters. The second kappa shape index (κ2) is 6.06. The molecule has 1 aromatic carbocycles. The Balaban J connectivity index is 1.82. The number of benzene rings is 1. The van der Waals surface area contributed by atoms with Gasteiger partial charge in [-0.25, -0.2) is 0 Å². The molecule has 1 fully saturated rings. The van der Waals surface area contributed by atoms with Crippen LogP contribution in [0.3, 0.4) is 0 Å². The molecule has 1 nitrogen and oxygen atoms in total. The lowest BCUT2D eigenvalue weighted by molar-refractivity contribution is 0.351. The van der Waals surface area contributed by atoms with Gasteiger partial charge in [-0.05, 0) is 54.6 Å². The number of hydrogen-bond donors (Lipinski definition) is 1. The molecule has 1 N–H and O–H groups in total. The zero-order chi connectivity index (χ0) is 13.1. The molecule has 2 aromatic rings. The second-order valence-electron chi connectivity index (χ2n) is 5.75. The highest BCUT2D eigenvalue weighted by molar-refractivity contribution is 7.17. The van der Waals surface area contributed by atoms with Gasteiger partial charge >= 0.3 is 0 Å². The van der Waals surface area contributed by atoms with Crippen LogP contribution in [-0.2, 0) is 6.42 Å². The highest BCUT2D eigenvalue weighted by Crippen LogP contribution is 2.32. The fourth-order valence-corrected chi connectivity index (χ4v) is 4.46. The summed E-state index contributed by atoms with van der Waals surface area (Å²) >= 11 is 1.90. The normalized spacial score (nSPS) is 24.5. The Morgan fingerprint density at radius 1 is 1.16 bits per heavy atom. The monoisotopic (exact) mass is 273 g/mol. The summed E-state index contributed by atoms with van der Waals surface area (Å²) in [6.07, 6.45) is 8.20. The average molecular weight is 273 g/mol. The summed E-state index contributed by atoms with van der Waals surface area (Å²) in [7, 11) is 2.13.